The van der Waals surface area contributed by atoms with E-state index in [1.54, 1.807) is 0 Å². The largest absolute Gasteiger partial charge is 0.335 e. The highest BCUT2D eigenvalue weighted by Gasteiger charge is 2.18. The number of benzene rings is 1. The quantitative estimate of drug-likeness (QED) is 0.791. The molecule has 1 aromatic carbocycles. The first kappa shape index (κ1) is 16.3. The molecule has 1 fully saturated rings. The lowest BCUT2D eigenvalue weighted by Crippen LogP contribution is -2.34. The van der Waals surface area contributed by atoms with Gasteiger partial charge in [0.05, 0.1) is 0 Å². The lowest BCUT2D eigenvalue weighted by molar-refractivity contribution is 0.0769. The molecule has 2 aliphatic heterocycles. The van der Waals surface area contributed by atoms with E-state index in [4.69, 9.17) is 0 Å². The van der Waals surface area contributed by atoms with Crippen LogP contribution in [0.2, 0.25) is 0 Å². The highest BCUT2D eigenvalue weighted by molar-refractivity contribution is 5.94. The summed E-state index contributed by atoms with van der Waals surface area (Å²) < 4.78 is 0. The van der Waals surface area contributed by atoms with Crippen molar-refractivity contribution in [2.75, 3.05) is 26.2 Å². The Morgan fingerprint density at radius 3 is 2.57 bits per heavy atom. The number of nitrogens with zero attached hydrogens (tertiary/aromatic N) is 2. The molecule has 0 spiro atoms. The lowest BCUT2D eigenvalue weighted by atomic mass is 10.1. The van der Waals surface area contributed by atoms with Gasteiger partial charge in [-0.25, -0.2) is 0 Å². The molecule has 23 heavy (non-hydrogen) atoms. The predicted molar refractivity (Wildman–Crippen MR) is 94.5 cm³/mol. The van der Waals surface area contributed by atoms with Gasteiger partial charge < -0.3 is 4.90 Å². The van der Waals surface area contributed by atoms with E-state index in [0.29, 0.717) is 0 Å². The Hall–Kier alpha value is -1.61. The molecule has 1 amide bonds. The first-order valence-corrected chi connectivity index (χ1v) is 8.98. The molecule has 1 saturated heterocycles. The third-order valence-corrected chi connectivity index (χ3v) is 5.00. The lowest BCUT2D eigenvalue weighted by Gasteiger charge is -2.26. The smallest absolute Gasteiger partial charge is 0.254 e. The zero-order valence-corrected chi connectivity index (χ0v) is 14.3. The standard InChI is InChI=1S/C20H28N2O/c1-17-9-13-22(14-10-17)20(23)19-8-6-7-18(15-19)16-21-11-4-2-3-5-12-21/h6-9,15H,2-5,10-14,16H2,1H3. The van der Waals surface area contributed by atoms with Gasteiger partial charge in [0.15, 0.2) is 0 Å². The van der Waals surface area contributed by atoms with Crippen molar-refractivity contribution < 1.29 is 4.79 Å². The van der Waals surface area contributed by atoms with Crippen molar-refractivity contribution >= 4 is 5.91 Å². The minimum absolute atomic E-state index is 0.173. The van der Waals surface area contributed by atoms with E-state index < -0.39 is 0 Å². The molecule has 0 bridgehead atoms. The molecule has 0 N–H and O–H groups in total. The summed E-state index contributed by atoms with van der Waals surface area (Å²) in [6.07, 6.45) is 8.49. The van der Waals surface area contributed by atoms with Crippen LogP contribution in [0.25, 0.3) is 0 Å². The topological polar surface area (TPSA) is 23.6 Å². The van der Waals surface area contributed by atoms with E-state index in [-0.39, 0.29) is 5.91 Å². The predicted octanol–water partition coefficient (Wildman–Crippen LogP) is 3.85. The molecule has 3 nitrogen and oxygen atoms in total. The fraction of sp³-hybridized carbons (Fsp3) is 0.550. The highest BCUT2D eigenvalue weighted by Crippen LogP contribution is 2.17. The molecule has 124 valence electrons. The zero-order chi connectivity index (χ0) is 16.1. The van der Waals surface area contributed by atoms with Gasteiger partial charge in [0.1, 0.15) is 0 Å². The molecule has 0 atom stereocenters. The second kappa shape index (κ2) is 7.78. The molecule has 2 heterocycles. The van der Waals surface area contributed by atoms with Gasteiger partial charge in [-0.1, -0.05) is 36.6 Å². The zero-order valence-electron chi connectivity index (χ0n) is 14.3. The summed E-state index contributed by atoms with van der Waals surface area (Å²) in [7, 11) is 0. The van der Waals surface area contributed by atoms with Crippen LogP contribution in [0.5, 0.6) is 0 Å². The van der Waals surface area contributed by atoms with Crippen molar-refractivity contribution in [3.05, 3.63) is 47.0 Å². The van der Waals surface area contributed by atoms with Crippen molar-refractivity contribution in [3.8, 4) is 0 Å². The summed E-state index contributed by atoms with van der Waals surface area (Å²) in [5.41, 5.74) is 3.50. The van der Waals surface area contributed by atoms with Crippen LogP contribution in [0.4, 0.5) is 0 Å². The number of likely N-dealkylation sites (tertiary alicyclic amines) is 1. The van der Waals surface area contributed by atoms with E-state index >= 15 is 0 Å². The second-order valence-electron chi connectivity index (χ2n) is 6.94. The molecule has 3 rings (SSSR count). The summed E-state index contributed by atoms with van der Waals surface area (Å²) in [5.74, 6) is 0.173. The first-order chi connectivity index (χ1) is 11.2. The third-order valence-electron chi connectivity index (χ3n) is 5.00. The Morgan fingerprint density at radius 2 is 1.87 bits per heavy atom. The Kier molecular flexibility index (Phi) is 5.50. The summed E-state index contributed by atoms with van der Waals surface area (Å²) in [5, 5.41) is 0. The average Bonchev–Trinajstić information content (AvgIpc) is 2.84. The summed E-state index contributed by atoms with van der Waals surface area (Å²) in [4.78, 5) is 17.2. The number of rotatable bonds is 3. The van der Waals surface area contributed by atoms with Crippen LogP contribution < -0.4 is 0 Å². The van der Waals surface area contributed by atoms with Crippen LogP contribution in [-0.4, -0.2) is 41.9 Å². The van der Waals surface area contributed by atoms with E-state index in [2.05, 4.69) is 30.0 Å². The first-order valence-electron chi connectivity index (χ1n) is 8.98. The third kappa shape index (κ3) is 4.44. The number of hydrogen-bond donors (Lipinski definition) is 0. The highest BCUT2D eigenvalue weighted by atomic mass is 16.2. The Balaban J connectivity index is 1.65. The molecule has 3 heteroatoms. The Morgan fingerprint density at radius 1 is 1.09 bits per heavy atom. The molecule has 1 aromatic rings. The van der Waals surface area contributed by atoms with E-state index in [9.17, 15) is 4.79 Å². The summed E-state index contributed by atoms with van der Waals surface area (Å²) in [6.45, 7) is 7.09. The summed E-state index contributed by atoms with van der Waals surface area (Å²) >= 11 is 0. The number of carbonyl (C=O) groups is 1. The van der Waals surface area contributed by atoms with Crippen molar-refractivity contribution in [2.45, 2.75) is 45.6 Å². The van der Waals surface area contributed by atoms with Crippen LogP contribution in [0.1, 0.15) is 54.9 Å². The molecule has 0 radical (unpaired) electrons. The number of carbonyl (C=O) groups excluding carboxylic acids is 1. The molecule has 0 saturated carbocycles. The second-order valence-corrected chi connectivity index (χ2v) is 6.94. The van der Waals surface area contributed by atoms with Gasteiger partial charge in [-0.2, -0.15) is 0 Å². The van der Waals surface area contributed by atoms with Crippen molar-refractivity contribution in [1.29, 1.82) is 0 Å². The monoisotopic (exact) mass is 312 g/mol. The van der Waals surface area contributed by atoms with E-state index in [1.165, 1.54) is 49.9 Å². The fourth-order valence-electron chi connectivity index (χ4n) is 3.49. The molecular formula is C20H28N2O. The summed E-state index contributed by atoms with van der Waals surface area (Å²) in [6, 6.07) is 8.24. The minimum atomic E-state index is 0.173. The van der Waals surface area contributed by atoms with Gasteiger partial charge in [0.2, 0.25) is 0 Å². The Bertz CT molecular complexity index is 571. The SMILES string of the molecule is CC1=CCN(C(=O)c2cccc(CN3CCCCCC3)c2)CC1. The van der Waals surface area contributed by atoms with Gasteiger partial charge in [0.25, 0.3) is 5.91 Å². The van der Waals surface area contributed by atoms with Crippen molar-refractivity contribution in [3.63, 3.8) is 0 Å². The maximum Gasteiger partial charge on any atom is 0.254 e. The number of hydrogen-bond acceptors (Lipinski definition) is 2. The average molecular weight is 312 g/mol. The van der Waals surface area contributed by atoms with Crippen LogP contribution >= 0.6 is 0 Å². The van der Waals surface area contributed by atoms with E-state index in [1.807, 2.05) is 17.0 Å². The maximum atomic E-state index is 12.7. The van der Waals surface area contributed by atoms with Crippen LogP contribution in [0, 0.1) is 0 Å². The maximum absolute atomic E-state index is 12.7. The van der Waals surface area contributed by atoms with Gasteiger partial charge in [-0.3, -0.25) is 9.69 Å². The van der Waals surface area contributed by atoms with Gasteiger partial charge in [-0.15, -0.1) is 0 Å². The fourth-order valence-corrected chi connectivity index (χ4v) is 3.49. The van der Waals surface area contributed by atoms with Gasteiger partial charge in [0, 0.05) is 25.2 Å². The normalized spacial score (nSPS) is 20.0. The van der Waals surface area contributed by atoms with Gasteiger partial charge in [-0.05, 0) is 57.0 Å². The van der Waals surface area contributed by atoms with Crippen LogP contribution in [-0.2, 0) is 6.54 Å². The van der Waals surface area contributed by atoms with E-state index in [0.717, 1.165) is 31.6 Å². The molecular weight excluding hydrogens is 284 g/mol. The molecule has 2 aliphatic rings. The van der Waals surface area contributed by atoms with Crippen LogP contribution in [0.3, 0.4) is 0 Å². The van der Waals surface area contributed by atoms with Crippen molar-refractivity contribution in [1.82, 2.24) is 9.80 Å². The molecule has 0 unspecified atom stereocenters. The van der Waals surface area contributed by atoms with Gasteiger partial charge >= 0.3 is 0 Å². The van der Waals surface area contributed by atoms with Crippen molar-refractivity contribution in [2.24, 2.45) is 0 Å². The van der Waals surface area contributed by atoms with Crippen LogP contribution in [0.15, 0.2) is 35.9 Å². The Labute approximate surface area is 140 Å². The molecule has 0 aromatic heterocycles. The number of amides is 1. The minimum Gasteiger partial charge on any atom is -0.335 e. The molecule has 0 aliphatic carbocycles.